The van der Waals surface area contributed by atoms with Crippen LogP contribution in [0.25, 0.3) is 0 Å². The standard InChI is InChI=1S/C18H16FNO4S3/c19-15-10-8-14(9-11-15)17(26(21,22)18-7-4-12-25-18)13-20-27(23,24)16-5-2-1-3-6-16/h1-12,17,20H,13H2. The molecule has 2 aromatic carbocycles. The van der Waals surface area contributed by atoms with E-state index >= 15 is 0 Å². The molecule has 1 unspecified atom stereocenters. The van der Waals surface area contributed by atoms with Crippen LogP contribution in [-0.4, -0.2) is 23.4 Å². The van der Waals surface area contributed by atoms with Crippen molar-refractivity contribution in [1.29, 1.82) is 0 Å². The molecule has 1 N–H and O–H groups in total. The number of sulfone groups is 1. The molecule has 0 radical (unpaired) electrons. The minimum absolute atomic E-state index is 0.0383. The van der Waals surface area contributed by atoms with Crippen LogP contribution in [0.1, 0.15) is 10.8 Å². The predicted octanol–water partition coefficient (Wildman–Crippen LogP) is 3.38. The number of halogens is 1. The SMILES string of the molecule is O=S(=O)(NCC(c1ccc(F)cc1)S(=O)(=O)c1cccs1)c1ccccc1. The van der Waals surface area contributed by atoms with Crippen LogP contribution in [-0.2, 0) is 19.9 Å². The summed E-state index contributed by atoms with van der Waals surface area (Å²) < 4.78 is 66.7. The Balaban J connectivity index is 1.95. The number of nitrogens with one attached hydrogen (secondary N) is 1. The summed E-state index contributed by atoms with van der Waals surface area (Å²) in [5, 5.41) is 0.443. The zero-order chi connectivity index (χ0) is 19.5. The lowest BCUT2D eigenvalue weighted by atomic mass is 10.1. The Morgan fingerprint density at radius 1 is 0.889 bits per heavy atom. The van der Waals surface area contributed by atoms with Gasteiger partial charge in [0.05, 0.1) is 4.90 Å². The van der Waals surface area contributed by atoms with Crippen molar-refractivity contribution in [2.24, 2.45) is 0 Å². The molecule has 142 valence electrons. The van der Waals surface area contributed by atoms with E-state index in [1.54, 1.807) is 29.6 Å². The first-order valence-electron chi connectivity index (χ1n) is 7.88. The summed E-state index contributed by atoms with van der Waals surface area (Å²) in [6.07, 6.45) is 0. The van der Waals surface area contributed by atoms with Crippen LogP contribution in [0.2, 0.25) is 0 Å². The molecule has 27 heavy (non-hydrogen) atoms. The molecule has 0 saturated carbocycles. The van der Waals surface area contributed by atoms with E-state index in [0.29, 0.717) is 5.56 Å². The van der Waals surface area contributed by atoms with Crippen molar-refractivity contribution in [3.63, 3.8) is 0 Å². The molecule has 0 amide bonds. The third-order valence-corrected chi connectivity index (χ3v) is 8.88. The Morgan fingerprint density at radius 3 is 2.15 bits per heavy atom. The van der Waals surface area contributed by atoms with Gasteiger partial charge in [-0.3, -0.25) is 0 Å². The van der Waals surface area contributed by atoms with Gasteiger partial charge in [-0.1, -0.05) is 36.4 Å². The molecule has 1 heterocycles. The summed E-state index contributed by atoms with van der Waals surface area (Å²) in [7, 11) is -7.74. The summed E-state index contributed by atoms with van der Waals surface area (Å²) >= 11 is 1.05. The quantitative estimate of drug-likeness (QED) is 0.629. The van der Waals surface area contributed by atoms with E-state index in [-0.39, 0.29) is 15.6 Å². The van der Waals surface area contributed by atoms with Crippen molar-refractivity contribution in [3.8, 4) is 0 Å². The van der Waals surface area contributed by atoms with E-state index in [1.807, 2.05) is 0 Å². The molecule has 0 bridgehead atoms. The average molecular weight is 426 g/mol. The highest BCUT2D eigenvalue weighted by molar-refractivity contribution is 7.93. The minimum Gasteiger partial charge on any atom is -0.222 e. The van der Waals surface area contributed by atoms with Gasteiger partial charge in [-0.25, -0.2) is 25.9 Å². The molecule has 9 heteroatoms. The fraction of sp³-hybridized carbons (Fsp3) is 0.111. The van der Waals surface area contributed by atoms with Gasteiger partial charge in [0.1, 0.15) is 15.3 Å². The Bertz CT molecular complexity index is 1100. The van der Waals surface area contributed by atoms with Gasteiger partial charge in [0.25, 0.3) is 0 Å². The summed E-state index contributed by atoms with van der Waals surface area (Å²) in [5.41, 5.74) is 0.306. The van der Waals surface area contributed by atoms with Crippen LogP contribution in [0.15, 0.2) is 81.2 Å². The van der Waals surface area contributed by atoms with Gasteiger partial charge in [-0.15, -0.1) is 11.3 Å². The minimum atomic E-state index is -3.89. The van der Waals surface area contributed by atoms with Crippen LogP contribution >= 0.6 is 11.3 Å². The summed E-state index contributed by atoms with van der Waals surface area (Å²) in [6, 6.07) is 15.7. The first-order valence-corrected chi connectivity index (χ1v) is 11.8. The molecule has 1 aromatic heterocycles. The van der Waals surface area contributed by atoms with Crippen LogP contribution in [0.5, 0.6) is 0 Å². The molecule has 0 spiro atoms. The maximum Gasteiger partial charge on any atom is 0.240 e. The topological polar surface area (TPSA) is 80.3 Å². The van der Waals surface area contributed by atoms with E-state index < -0.39 is 30.9 Å². The highest BCUT2D eigenvalue weighted by Gasteiger charge is 2.31. The van der Waals surface area contributed by atoms with E-state index in [2.05, 4.69) is 4.72 Å². The Kier molecular flexibility index (Phi) is 5.75. The molecular formula is C18H16FNO4S3. The monoisotopic (exact) mass is 425 g/mol. The summed E-state index contributed by atoms with van der Waals surface area (Å²) in [4.78, 5) is 0.0383. The van der Waals surface area contributed by atoms with E-state index in [0.717, 1.165) is 23.5 Å². The first-order chi connectivity index (χ1) is 12.8. The molecular weight excluding hydrogens is 409 g/mol. The molecule has 0 aliphatic heterocycles. The Hall–Kier alpha value is -2.07. The normalized spacial score (nSPS) is 13.4. The van der Waals surface area contributed by atoms with E-state index in [1.165, 1.54) is 30.3 Å². The number of hydrogen-bond acceptors (Lipinski definition) is 5. The number of benzene rings is 2. The third-order valence-electron chi connectivity index (χ3n) is 3.90. The lowest BCUT2D eigenvalue weighted by molar-refractivity contribution is 0.569. The van der Waals surface area contributed by atoms with Crippen molar-refractivity contribution in [1.82, 2.24) is 4.72 Å². The van der Waals surface area contributed by atoms with Crippen molar-refractivity contribution in [2.75, 3.05) is 6.54 Å². The maximum absolute atomic E-state index is 13.3. The van der Waals surface area contributed by atoms with Crippen LogP contribution in [0.3, 0.4) is 0 Å². The van der Waals surface area contributed by atoms with E-state index in [9.17, 15) is 21.2 Å². The van der Waals surface area contributed by atoms with Gasteiger partial charge in [-0.05, 0) is 41.3 Å². The van der Waals surface area contributed by atoms with Gasteiger partial charge in [0.2, 0.25) is 10.0 Å². The maximum atomic E-state index is 13.3. The summed E-state index contributed by atoms with van der Waals surface area (Å²) in [6.45, 7) is -0.372. The van der Waals surface area contributed by atoms with Gasteiger partial charge in [0.15, 0.2) is 9.84 Å². The first kappa shape index (κ1) is 19.7. The molecule has 0 aliphatic carbocycles. The molecule has 0 aliphatic rings. The fourth-order valence-corrected chi connectivity index (χ4v) is 6.56. The molecule has 5 nitrogen and oxygen atoms in total. The van der Waals surface area contributed by atoms with E-state index in [4.69, 9.17) is 0 Å². The van der Waals surface area contributed by atoms with Gasteiger partial charge >= 0.3 is 0 Å². The second-order valence-corrected chi connectivity index (χ2v) is 10.8. The molecule has 0 fully saturated rings. The average Bonchev–Trinajstić information content (AvgIpc) is 3.19. The molecule has 1 atom stereocenters. The van der Waals surface area contributed by atoms with Crippen molar-refractivity contribution in [2.45, 2.75) is 14.4 Å². The fourth-order valence-electron chi connectivity index (χ4n) is 2.52. The number of hydrogen-bond donors (Lipinski definition) is 1. The lowest BCUT2D eigenvalue weighted by Crippen LogP contribution is -2.31. The van der Waals surface area contributed by atoms with Crippen LogP contribution in [0, 0.1) is 5.82 Å². The second kappa shape index (κ2) is 7.89. The lowest BCUT2D eigenvalue weighted by Gasteiger charge is -2.18. The number of thiophene rings is 1. The zero-order valence-electron chi connectivity index (χ0n) is 13.9. The molecule has 0 saturated heterocycles. The third kappa shape index (κ3) is 4.44. The van der Waals surface area contributed by atoms with Crippen LogP contribution < -0.4 is 4.72 Å². The second-order valence-electron chi connectivity index (χ2n) is 5.68. The number of sulfonamides is 1. The Morgan fingerprint density at radius 2 is 1.56 bits per heavy atom. The summed E-state index contributed by atoms with van der Waals surface area (Å²) in [5.74, 6) is -0.504. The van der Waals surface area contributed by atoms with Crippen LogP contribution in [0.4, 0.5) is 4.39 Å². The zero-order valence-corrected chi connectivity index (χ0v) is 16.4. The Labute approximate surface area is 161 Å². The van der Waals surface area contributed by atoms with Crippen molar-refractivity contribution >= 4 is 31.2 Å². The largest absolute Gasteiger partial charge is 0.240 e. The van der Waals surface area contributed by atoms with Gasteiger partial charge in [-0.2, -0.15) is 0 Å². The molecule has 3 rings (SSSR count). The molecule has 3 aromatic rings. The predicted molar refractivity (Wildman–Crippen MR) is 102 cm³/mol. The van der Waals surface area contributed by atoms with Gasteiger partial charge < -0.3 is 0 Å². The highest BCUT2D eigenvalue weighted by atomic mass is 32.2. The van der Waals surface area contributed by atoms with Crippen molar-refractivity contribution in [3.05, 3.63) is 83.5 Å². The highest BCUT2D eigenvalue weighted by Crippen LogP contribution is 2.31. The van der Waals surface area contributed by atoms with Gasteiger partial charge in [0, 0.05) is 6.54 Å². The number of rotatable bonds is 7. The van der Waals surface area contributed by atoms with Crippen molar-refractivity contribution < 1.29 is 21.2 Å². The smallest absolute Gasteiger partial charge is 0.222 e.